The summed E-state index contributed by atoms with van der Waals surface area (Å²) in [4.78, 5) is 0.277. The molecule has 1 aliphatic carbocycles. The summed E-state index contributed by atoms with van der Waals surface area (Å²) in [5, 5.41) is 0. The third-order valence-corrected chi connectivity index (χ3v) is 5.09. The normalized spacial score (nSPS) is 15.1. The molecule has 1 fully saturated rings. The molecule has 0 saturated heterocycles. The average molecular weight is 313 g/mol. The van der Waals surface area contributed by atoms with Crippen molar-refractivity contribution in [2.45, 2.75) is 24.7 Å². The maximum Gasteiger partial charge on any atom is 0.261 e. The molecule has 2 aromatic carbocycles. The van der Waals surface area contributed by atoms with Crippen molar-refractivity contribution in [2.75, 3.05) is 4.72 Å². The first-order valence-corrected chi connectivity index (χ1v) is 8.90. The van der Waals surface area contributed by atoms with E-state index in [-0.39, 0.29) is 4.90 Å². The van der Waals surface area contributed by atoms with Gasteiger partial charge in [0.2, 0.25) is 0 Å². The van der Waals surface area contributed by atoms with Gasteiger partial charge in [-0.2, -0.15) is 0 Å². The van der Waals surface area contributed by atoms with Gasteiger partial charge < -0.3 is 0 Å². The third kappa shape index (κ3) is 3.57. The summed E-state index contributed by atoms with van der Waals surface area (Å²) >= 11 is 0. The number of nitrogens with one attached hydrogen (secondary N) is 1. The average Bonchev–Trinajstić information content (AvgIpc) is 3.31. The highest BCUT2D eigenvalue weighted by Gasteiger charge is 2.18. The number of aryl methyl sites for hydroxylation is 1. The van der Waals surface area contributed by atoms with Gasteiger partial charge in [-0.3, -0.25) is 4.72 Å². The lowest BCUT2D eigenvalue weighted by molar-refractivity contribution is 0.601. The van der Waals surface area contributed by atoms with E-state index >= 15 is 0 Å². The van der Waals surface area contributed by atoms with Gasteiger partial charge in [0.1, 0.15) is 0 Å². The Morgan fingerprint density at radius 3 is 2.41 bits per heavy atom. The van der Waals surface area contributed by atoms with Crippen LogP contribution in [-0.4, -0.2) is 8.42 Å². The van der Waals surface area contributed by atoms with Gasteiger partial charge in [-0.1, -0.05) is 48.0 Å². The summed E-state index contributed by atoms with van der Waals surface area (Å²) in [6, 6.07) is 14.3. The zero-order valence-corrected chi connectivity index (χ0v) is 13.3. The highest BCUT2D eigenvalue weighted by atomic mass is 32.2. The lowest BCUT2D eigenvalue weighted by Gasteiger charge is -2.11. The van der Waals surface area contributed by atoms with Crippen LogP contribution in [-0.2, 0) is 10.0 Å². The Morgan fingerprint density at radius 1 is 1.05 bits per heavy atom. The van der Waals surface area contributed by atoms with Crippen molar-refractivity contribution < 1.29 is 8.42 Å². The van der Waals surface area contributed by atoms with Crippen molar-refractivity contribution in [3.05, 3.63) is 65.7 Å². The molecule has 3 rings (SSSR count). The van der Waals surface area contributed by atoms with Crippen LogP contribution in [0.1, 0.15) is 24.0 Å². The number of sulfonamides is 1. The molecule has 0 aliphatic heterocycles. The minimum Gasteiger partial charge on any atom is -0.279 e. The van der Waals surface area contributed by atoms with Crippen molar-refractivity contribution in [3.63, 3.8) is 0 Å². The number of para-hydroxylation sites is 1. The van der Waals surface area contributed by atoms with Gasteiger partial charge in [0.15, 0.2) is 0 Å². The highest BCUT2D eigenvalue weighted by Crippen LogP contribution is 2.31. The fourth-order valence-corrected chi connectivity index (χ4v) is 3.27. The van der Waals surface area contributed by atoms with E-state index in [0.29, 0.717) is 11.6 Å². The second kappa shape index (κ2) is 5.97. The predicted octanol–water partition coefficient (Wildman–Crippen LogP) is 4.22. The summed E-state index contributed by atoms with van der Waals surface area (Å²) < 4.78 is 27.6. The lowest BCUT2D eigenvalue weighted by Crippen LogP contribution is -2.13. The van der Waals surface area contributed by atoms with E-state index in [4.69, 9.17) is 0 Å². The molecule has 0 aromatic heterocycles. The Balaban J connectivity index is 1.87. The molecule has 3 nitrogen and oxygen atoms in total. The van der Waals surface area contributed by atoms with Crippen molar-refractivity contribution in [1.82, 2.24) is 0 Å². The molecule has 2 aromatic rings. The Bertz CT molecular complexity index is 788. The molecular formula is C18H19NO2S. The molecule has 0 amide bonds. The quantitative estimate of drug-likeness (QED) is 0.898. The number of rotatable bonds is 5. The van der Waals surface area contributed by atoms with Gasteiger partial charge in [0.05, 0.1) is 10.6 Å². The summed E-state index contributed by atoms with van der Waals surface area (Å²) in [5.74, 6) is 0.654. The van der Waals surface area contributed by atoms with Gasteiger partial charge in [-0.05, 0) is 49.4 Å². The van der Waals surface area contributed by atoms with E-state index < -0.39 is 10.0 Å². The molecule has 0 radical (unpaired) electrons. The molecule has 0 atom stereocenters. The number of hydrogen-bond donors (Lipinski definition) is 1. The van der Waals surface area contributed by atoms with E-state index in [1.807, 2.05) is 31.2 Å². The van der Waals surface area contributed by atoms with Crippen LogP contribution in [0.5, 0.6) is 0 Å². The Kier molecular flexibility index (Phi) is 4.03. The van der Waals surface area contributed by atoms with Gasteiger partial charge >= 0.3 is 0 Å². The van der Waals surface area contributed by atoms with Crippen LogP contribution in [0.25, 0.3) is 6.08 Å². The summed E-state index contributed by atoms with van der Waals surface area (Å²) in [6.07, 6.45) is 6.62. The number of allylic oxidation sites excluding steroid dienone is 1. The molecule has 114 valence electrons. The number of hydrogen-bond acceptors (Lipinski definition) is 2. The van der Waals surface area contributed by atoms with E-state index in [1.165, 1.54) is 12.8 Å². The standard InChI is InChI=1S/C18H19NO2S/c1-14-6-12-17(13-7-14)22(20,21)19-18-5-3-2-4-16(18)11-10-15-8-9-15/h2-7,10-13,15,19H,8-9H2,1H3. The van der Waals surface area contributed by atoms with Crippen LogP contribution in [0.2, 0.25) is 0 Å². The fraction of sp³-hybridized carbons (Fsp3) is 0.222. The maximum absolute atomic E-state index is 12.5. The minimum atomic E-state index is -3.56. The van der Waals surface area contributed by atoms with Crippen LogP contribution >= 0.6 is 0 Å². The fourth-order valence-electron chi connectivity index (χ4n) is 2.18. The molecule has 1 N–H and O–H groups in total. The van der Waals surface area contributed by atoms with Crippen LogP contribution in [0.3, 0.4) is 0 Å². The molecule has 4 heteroatoms. The third-order valence-electron chi connectivity index (χ3n) is 3.71. The van der Waals surface area contributed by atoms with Crippen LogP contribution in [0.15, 0.2) is 59.5 Å². The molecule has 1 aliphatic rings. The monoisotopic (exact) mass is 313 g/mol. The largest absolute Gasteiger partial charge is 0.279 e. The van der Waals surface area contributed by atoms with Gasteiger partial charge in [-0.25, -0.2) is 8.42 Å². The van der Waals surface area contributed by atoms with Crippen molar-refractivity contribution >= 4 is 21.8 Å². The summed E-state index contributed by atoms with van der Waals surface area (Å²) in [6.45, 7) is 1.93. The lowest BCUT2D eigenvalue weighted by atomic mass is 10.1. The van der Waals surface area contributed by atoms with Gasteiger partial charge in [0.25, 0.3) is 10.0 Å². The summed E-state index contributed by atoms with van der Waals surface area (Å²) in [5.41, 5.74) is 2.54. The molecule has 0 heterocycles. The topological polar surface area (TPSA) is 46.2 Å². The smallest absolute Gasteiger partial charge is 0.261 e. The first-order chi connectivity index (χ1) is 10.5. The van der Waals surface area contributed by atoms with Crippen molar-refractivity contribution in [3.8, 4) is 0 Å². The zero-order chi connectivity index (χ0) is 15.6. The molecule has 22 heavy (non-hydrogen) atoms. The summed E-state index contributed by atoms with van der Waals surface area (Å²) in [7, 11) is -3.56. The second-order valence-corrected chi connectivity index (χ2v) is 7.38. The molecule has 0 unspecified atom stereocenters. The molecule has 1 saturated carbocycles. The Labute approximate surface area is 131 Å². The van der Waals surface area contributed by atoms with Crippen LogP contribution < -0.4 is 4.72 Å². The van der Waals surface area contributed by atoms with Crippen molar-refractivity contribution in [2.24, 2.45) is 5.92 Å². The number of benzene rings is 2. The van der Waals surface area contributed by atoms with E-state index in [1.54, 1.807) is 30.3 Å². The Hall–Kier alpha value is -2.07. The van der Waals surface area contributed by atoms with E-state index in [0.717, 1.165) is 11.1 Å². The first-order valence-electron chi connectivity index (χ1n) is 7.41. The first kappa shape index (κ1) is 14.9. The van der Waals surface area contributed by atoms with Crippen molar-refractivity contribution in [1.29, 1.82) is 0 Å². The van der Waals surface area contributed by atoms with Crippen LogP contribution in [0.4, 0.5) is 5.69 Å². The van der Waals surface area contributed by atoms with Crippen LogP contribution in [0, 0.1) is 12.8 Å². The van der Waals surface area contributed by atoms with Gasteiger partial charge in [0, 0.05) is 0 Å². The van der Waals surface area contributed by atoms with E-state index in [9.17, 15) is 8.42 Å². The SMILES string of the molecule is Cc1ccc(S(=O)(=O)Nc2ccccc2C=CC2CC2)cc1. The minimum absolute atomic E-state index is 0.277. The number of anilines is 1. The zero-order valence-electron chi connectivity index (χ0n) is 12.5. The van der Waals surface area contributed by atoms with E-state index in [2.05, 4.69) is 10.8 Å². The highest BCUT2D eigenvalue weighted by molar-refractivity contribution is 7.92. The molecular weight excluding hydrogens is 294 g/mol. The van der Waals surface area contributed by atoms with Gasteiger partial charge in [-0.15, -0.1) is 0 Å². The second-order valence-electron chi connectivity index (χ2n) is 5.70. The molecule has 0 spiro atoms. The maximum atomic E-state index is 12.5. The predicted molar refractivity (Wildman–Crippen MR) is 90.2 cm³/mol. The Morgan fingerprint density at radius 2 is 1.73 bits per heavy atom. The molecule has 0 bridgehead atoms.